The van der Waals surface area contributed by atoms with Crippen LogP contribution in [0.2, 0.25) is 0 Å². The zero-order chi connectivity index (χ0) is 15.6. The fraction of sp³-hybridized carbons (Fsp3) is 0.812. The number of amides is 1. The molecule has 1 aliphatic carbocycles. The molecule has 0 spiro atoms. The second kappa shape index (κ2) is 9.78. The van der Waals surface area contributed by atoms with E-state index in [2.05, 4.69) is 22.5 Å². The van der Waals surface area contributed by atoms with Crippen molar-refractivity contribution in [3.05, 3.63) is 0 Å². The summed E-state index contributed by atoms with van der Waals surface area (Å²) in [7, 11) is 1.88. The summed E-state index contributed by atoms with van der Waals surface area (Å²) >= 11 is 0. The van der Waals surface area contributed by atoms with E-state index in [4.69, 9.17) is 9.47 Å². The van der Waals surface area contributed by atoms with Gasteiger partial charge in [0.15, 0.2) is 0 Å². The highest BCUT2D eigenvalue weighted by Gasteiger charge is 2.14. The molecule has 0 fully saturated rings. The maximum absolute atomic E-state index is 11.7. The third kappa shape index (κ3) is 8.71. The maximum Gasteiger partial charge on any atom is 0.247 e. The van der Waals surface area contributed by atoms with E-state index in [0.717, 1.165) is 19.3 Å². The number of likely N-dealkylation sites (N-methyl/N-ethyl adjacent to an activating group) is 1. The molecule has 0 aromatic rings. The van der Waals surface area contributed by atoms with Crippen LogP contribution in [0.15, 0.2) is 0 Å². The molecular formula is C16H28N2O3. The predicted octanol–water partition coefficient (Wildman–Crippen LogP) is 1.43. The number of rotatable bonds is 8. The summed E-state index contributed by atoms with van der Waals surface area (Å²) in [5.41, 5.74) is -0.102. The van der Waals surface area contributed by atoms with Crippen LogP contribution in [0.5, 0.6) is 0 Å². The van der Waals surface area contributed by atoms with Crippen molar-refractivity contribution in [2.45, 2.75) is 57.6 Å². The van der Waals surface area contributed by atoms with E-state index >= 15 is 0 Å². The lowest BCUT2D eigenvalue weighted by atomic mass is 10.1. The van der Waals surface area contributed by atoms with Crippen LogP contribution in [0, 0.1) is 11.8 Å². The minimum Gasteiger partial charge on any atom is -0.359 e. The number of ether oxygens (including phenoxy) is 2. The van der Waals surface area contributed by atoms with E-state index < -0.39 is 0 Å². The molecule has 0 radical (unpaired) electrons. The van der Waals surface area contributed by atoms with Crippen LogP contribution in [-0.2, 0) is 14.3 Å². The first kappa shape index (κ1) is 18.0. The molecule has 120 valence electrons. The largest absolute Gasteiger partial charge is 0.359 e. The summed E-state index contributed by atoms with van der Waals surface area (Å²) in [6.45, 7) is 4.83. The smallest absolute Gasteiger partial charge is 0.247 e. The lowest BCUT2D eigenvalue weighted by Gasteiger charge is -2.23. The molecular weight excluding hydrogens is 268 g/mol. The van der Waals surface area contributed by atoms with Gasteiger partial charge >= 0.3 is 0 Å². The first-order valence-corrected chi connectivity index (χ1v) is 7.67. The highest BCUT2D eigenvalue weighted by atomic mass is 16.5. The van der Waals surface area contributed by atoms with Crippen molar-refractivity contribution in [1.29, 1.82) is 0 Å². The molecule has 0 saturated carbocycles. The predicted molar refractivity (Wildman–Crippen MR) is 82.7 cm³/mol. The fourth-order valence-corrected chi connectivity index (χ4v) is 1.84. The maximum atomic E-state index is 11.7. The van der Waals surface area contributed by atoms with E-state index in [1.807, 2.05) is 20.9 Å². The average molecular weight is 296 g/mol. The third-order valence-corrected chi connectivity index (χ3v) is 3.46. The van der Waals surface area contributed by atoms with Crippen LogP contribution in [0.1, 0.15) is 46.0 Å². The zero-order valence-electron chi connectivity index (χ0n) is 13.5. The highest BCUT2D eigenvalue weighted by molar-refractivity contribution is 5.77. The van der Waals surface area contributed by atoms with Crippen LogP contribution in [0.4, 0.5) is 0 Å². The minimum absolute atomic E-state index is 0.0398. The quantitative estimate of drug-likeness (QED) is 0.404. The second-order valence-electron chi connectivity index (χ2n) is 5.95. The summed E-state index contributed by atoms with van der Waals surface area (Å²) in [5.74, 6) is 6.01. The average Bonchev–Trinajstić information content (AvgIpc) is 2.42. The van der Waals surface area contributed by atoms with E-state index in [0.29, 0.717) is 6.61 Å². The summed E-state index contributed by atoms with van der Waals surface area (Å²) in [4.78, 5) is 11.7. The Morgan fingerprint density at radius 3 is 2.90 bits per heavy atom. The molecule has 0 saturated heterocycles. The zero-order valence-corrected chi connectivity index (χ0v) is 13.5. The van der Waals surface area contributed by atoms with E-state index in [1.54, 1.807) is 0 Å². The summed E-state index contributed by atoms with van der Waals surface area (Å²) in [6.07, 6.45) is 5.20. The Labute approximate surface area is 128 Å². The third-order valence-electron chi connectivity index (χ3n) is 3.46. The van der Waals surface area contributed by atoms with Crippen LogP contribution >= 0.6 is 0 Å². The molecule has 1 atom stereocenters. The lowest BCUT2D eigenvalue weighted by Crippen LogP contribution is -2.42. The van der Waals surface area contributed by atoms with Gasteiger partial charge in [0.2, 0.25) is 5.91 Å². The van der Waals surface area contributed by atoms with E-state index in [1.165, 1.54) is 12.8 Å². The van der Waals surface area contributed by atoms with Crippen molar-refractivity contribution < 1.29 is 14.3 Å². The van der Waals surface area contributed by atoms with Gasteiger partial charge in [0.25, 0.3) is 0 Å². The summed E-state index contributed by atoms with van der Waals surface area (Å²) in [6, 6.07) is 0. The van der Waals surface area contributed by atoms with Gasteiger partial charge in [0.1, 0.15) is 19.4 Å². The molecule has 5 nitrogen and oxygen atoms in total. The van der Waals surface area contributed by atoms with Gasteiger partial charge in [-0.15, -0.1) is 5.92 Å². The fourth-order valence-electron chi connectivity index (χ4n) is 1.84. The molecule has 0 bridgehead atoms. The molecule has 1 amide bonds. The van der Waals surface area contributed by atoms with Gasteiger partial charge in [-0.05, 0) is 40.2 Å². The van der Waals surface area contributed by atoms with Gasteiger partial charge in [0, 0.05) is 12.0 Å². The molecule has 1 aliphatic rings. The van der Waals surface area contributed by atoms with Crippen LogP contribution in [0.25, 0.3) is 0 Å². The van der Waals surface area contributed by atoms with Gasteiger partial charge in [-0.2, -0.15) is 0 Å². The summed E-state index contributed by atoms with van der Waals surface area (Å²) in [5, 5.41) is 5.82. The Morgan fingerprint density at radius 2 is 2.14 bits per heavy atom. The first-order chi connectivity index (χ1) is 10.0. The van der Waals surface area contributed by atoms with E-state index in [9.17, 15) is 4.79 Å². The Morgan fingerprint density at radius 1 is 1.33 bits per heavy atom. The Kier molecular flexibility index (Phi) is 8.36. The van der Waals surface area contributed by atoms with Crippen molar-refractivity contribution >= 4 is 5.91 Å². The highest BCUT2D eigenvalue weighted by Crippen LogP contribution is 2.10. The molecule has 0 aromatic carbocycles. The molecule has 2 N–H and O–H groups in total. The number of hydrogen-bond acceptors (Lipinski definition) is 4. The first-order valence-electron chi connectivity index (χ1n) is 7.67. The number of nitrogens with one attached hydrogen (secondary N) is 2. The van der Waals surface area contributed by atoms with Gasteiger partial charge in [-0.1, -0.05) is 12.3 Å². The number of carbonyl (C=O) groups excluding carboxylic acids is 1. The monoisotopic (exact) mass is 296 g/mol. The van der Waals surface area contributed by atoms with Gasteiger partial charge < -0.3 is 20.1 Å². The minimum atomic E-state index is -0.166. The number of hydrogen-bond donors (Lipinski definition) is 2. The number of carbonyl (C=O) groups is 1. The van der Waals surface area contributed by atoms with Crippen molar-refractivity contribution in [2.75, 3.05) is 27.0 Å². The second-order valence-corrected chi connectivity index (χ2v) is 5.95. The SMILES string of the molecule is CNC(C)(C)COCNC(=O)COC1C#CCCCCC1. The van der Waals surface area contributed by atoms with Gasteiger partial charge in [0.05, 0.1) is 6.61 Å². The van der Waals surface area contributed by atoms with Gasteiger partial charge in [-0.25, -0.2) is 0 Å². The molecule has 1 unspecified atom stereocenters. The van der Waals surface area contributed by atoms with Gasteiger partial charge in [-0.3, -0.25) is 4.79 Å². The van der Waals surface area contributed by atoms with E-state index in [-0.39, 0.29) is 30.9 Å². The topological polar surface area (TPSA) is 59.6 Å². The van der Waals surface area contributed by atoms with Crippen molar-refractivity contribution in [1.82, 2.24) is 10.6 Å². The molecule has 21 heavy (non-hydrogen) atoms. The normalized spacial score (nSPS) is 19.1. The van der Waals surface area contributed by atoms with Crippen molar-refractivity contribution in [3.8, 4) is 11.8 Å². The van der Waals surface area contributed by atoms with Crippen molar-refractivity contribution in [2.24, 2.45) is 0 Å². The molecule has 1 rings (SSSR count). The Hall–Kier alpha value is -1.09. The van der Waals surface area contributed by atoms with Crippen LogP contribution < -0.4 is 10.6 Å². The molecule has 0 aromatic heterocycles. The molecule has 0 heterocycles. The molecule has 5 heteroatoms. The summed E-state index contributed by atoms with van der Waals surface area (Å²) < 4.78 is 11.0. The molecule has 0 aliphatic heterocycles. The Bertz CT molecular complexity index is 371. The van der Waals surface area contributed by atoms with Crippen LogP contribution in [-0.4, -0.2) is 44.5 Å². The standard InChI is InChI=1S/C16H28N2O3/c1-16(2,17-3)12-20-13-18-15(19)11-21-14-9-7-5-4-6-8-10-14/h14,17H,4-7,9,11-13H2,1-3H3,(H,18,19). The Balaban J connectivity index is 2.13. The lowest BCUT2D eigenvalue weighted by molar-refractivity contribution is -0.128. The van der Waals surface area contributed by atoms with Crippen LogP contribution in [0.3, 0.4) is 0 Å². The van der Waals surface area contributed by atoms with Crippen molar-refractivity contribution in [3.63, 3.8) is 0 Å².